The van der Waals surface area contributed by atoms with Crippen molar-refractivity contribution < 1.29 is 13.6 Å². The zero-order chi connectivity index (χ0) is 23.8. The predicted octanol–water partition coefficient (Wildman–Crippen LogP) is 4.80. The van der Waals surface area contributed by atoms with Gasteiger partial charge in [-0.15, -0.1) is 0 Å². The first kappa shape index (κ1) is 22.3. The Labute approximate surface area is 197 Å². The summed E-state index contributed by atoms with van der Waals surface area (Å²) in [6.07, 6.45) is 11.8. The molecule has 3 N–H and O–H groups in total. The average molecular weight is 461 g/mol. The van der Waals surface area contributed by atoms with Crippen LogP contribution in [0.25, 0.3) is 17.3 Å². The summed E-state index contributed by atoms with van der Waals surface area (Å²) in [6.45, 7) is 3.67. The highest BCUT2D eigenvalue weighted by Crippen LogP contribution is 2.39. The number of nitrogens with zero attached hydrogens (tertiary/aromatic N) is 2. The molecule has 1 aromatic carbocycles. The molecule has 0 radical (unpaired) electrons. The van der Waals surface area contributed by atoms with Gasteiger partial charge in [0.05, 0.1) is 11.9 Å². The molecule has 5 nitrogen and oxygen atoms in total. The quantitative estimate of drug-likeness (QED) is 0.642. The molecular weight excluding hydrogens is 434 g/mol. The van der Waals surface area contributed by atoms with Crippen LogP contribution in [0.4, 0.5) is 8.78 Å². The lowest BCUT2D eigenvalue weighted by Gasteiger charge is -2.36. The molecule has 174 valence electrons. The van der Waals surface area contributed by atoms with Crippen LogP contribution < -0.4 is 11.1 Å². The second-order valence-electron chi connectivity index (χ2n) is 9.30. The summed E-state index contributed by atoms with van der Waals surface area (Å²) in [4.78, 5) is 21.5. The fourth-order valence-electron chi connectivity index (χ4n) is 5.43. The maximum atomic E-state index is 15.6. The van der Waals surface area contributed by atoms with E-state index in [9.17, 15) is 4.79 Å². The molecule has 34 heavy (non-hydrogen) atoms. The number of halogens is 2. The Hall–Kier alpha value is -3.45. The number of aromatic nitrogens is 1. The molecule has 0 spiro atoms. The molecule has 3 heterocycles. The molecule has 6 bridgehead atoms. The maximum Gasteiger partial charge on any atom is 0.274 e. The Balaban J connectivity index is 1.70. The van der Waals surface area contributed by atoms with Crippen molar-refractivity contribution in [2.45, 2.75) is 31.7 Å². The molecule has 2 aliphatic heterocycles. The van der Waals surface area contributed by atoms with Crippen LogP contribution in [-0.2, 0) is 6.42 Å². The van der Waals surface area contributed by atoms with Gasteiger partial charge in [0.1, 0.15) is 23.0 Å². The number of carbonyl (C=O) groups excluding carboxylic acids is 1. The number of carbonyl (C=O) groups is 1. The molecule has 7 heteroatoms. The van der Waals surface area contributed by atoms with E-state index in [-0.39, 0.29) is 46.3 Å². The molecule has 3 aliphatic rings. The van der Waals surface area contributed by atoms with Crippen LogP contribution in [0.5, 0.6) is 0 Å². The Bertz CT molecular complexity index is 1250. The van der Waals surface area contributed by atoms with Gasteiger partial charge in [-0.3, -0.25) is 9.79 Å². The largest absolute Gasteiger partial charge is 0.328 e. The van der Waals surface area contributed by atoms with Gasteiger partial charge in [0, 0.05) is 29.3 Å². The van der Waals surface area contributed by atoms with Crippen LogP contribution >= 0.6 is 0 Å². The van der Waals surface area contributed by atoms with Gasteiger partial charge < -0.3 is 11.1 Å². The van der Waals surface area contributed by atoms with Crippen LogP contribution in [0.2, 0.25) is 0 Å². The van der Waals surface area contributed by atoms with Gasteiger partial charge in [0.2, 0.25) is 0 Å². The lowest BCUT2D eigenvalue weighted by molar-refractivity contribution is 0.0962. The van der Waals surface area contributed by atoms with E-state index < -0.39 is 17.5 Å². The number of nitrogens with one attached hydrogen (secondary N) is 1. The van der Waals surface area contributed by atoms with E-state index >= 15 is 8.78 Å². The molecule has 2 aromatic rings. The van der Waals surface area contributed by atoms with Crippen molar-refractivity contribution in [1.29, 1.82) is 0 Å². The third kappa shape index (κ3) is 4.23. The normalized spacial score (nSPS) is 26.0. The molecule has 0 saturated heterocycles. The number of benzene rings is 1. The van der Waals surface area contributed by atoms with Crippen molar-refractivity contribution >= 4 is 18.2 Å². The van der Waals surface area contributed by atoms with Gasteiger partial charge in [0.25, 0.3) is 5.91 Å². The summed E-state index contributed by atoms with van der Waals surface area (Å²) in [5.41, 5.74) is 7.80. The number of hydrogen-bond acceptors (Lipinski definition) is 4. The number of fused-ring (bicyclic) bond motifs is 8. The van der Waals surface area contributed by atoms with E-state index in [1.54, 1.807) is 18.5 Å². The van der Waals surface area contributed by atoms with E-state index in [2.05, 4.69) is 21.9 Å². The molecule has 1 aliphatic carbocycles. The SMILES string of the molecule is C=Cc1ccc2c(c1F)-c1nc(ccc1F)C(=O)NC1=CC(C=CN=C1)C1CC(N)CC(C2)C1. The summed E-state index contributed by atoms with van der Waals surface area (Å²) in [6, 6.07) is 5.91. The predicted molar refractivity (Wildman–Crippen MR) is 129 cm³/mol. The first-order valence-electron chi connectivity index (χ1n) is 11.5. The van der Waals surface area contributed by atoms with Crippen LogP contribution in [-0.4, -0.2) is 23.1 Å². The van der Waals surface area contributed by atoms with E-state index in [1.165, 1.54) is 12.1 Å². The highest BCUT2D eigenvalue weighted by molar-refractivity contribution is 5.98. The highest BCUT2D eigenvalue weighted by atomic mass is 19.1. The summed E-state index contributed by atoms with van der Waals surface area (Å²) < 4.78 is 30.6. The zero-order valence-electron chi connectivity index (χ0n) is 18.7. The van der Waals surface area contributed by atoms with Crippen molar-refractivity contribution in [3.05, 3.63) is 83.3 Å². The van der Waals surface area contributed by atoms with Crippen LogP contribution in [0.15, 0.2) is 59.9 Å². The minimum Gasteiger partial charge on any atom is -0.328 e. The third-order valence-corrected chi connectivity index (χ3v) is 6.96. The van der Waals surface area contributed by atoms with Crippen molar-refractivity contribution in [3.63, 3.8) is 0 Å². The van der Waals surface area contributed by atoms with Gasteiger partial charge in [0.15, 0.2) is 0 Å². The monoisotopic (exact) mass is 460 g/mol. The number of pyridine rings is 1. The van der Waals surface area contributed by atoms with Crippen LogP contribution in [0, 0.1) is 29.4 Å². The average Bonchev–Trinajstić information content (AvgIpc) is 3.05. The first-order chi connectivity index (χ1) is 16.4. The van der Waals surface area contributed by atoms with Crippen LogP contribution in [0.1, 0.15) is 40.9 Å². The topological polar surface area (TPSA) is 80.4 Å². The number of aliphatic imine (C=N–C) groups is 1. The standard InChI is InChI=1S/C27H26F2N4O/c1-2-16-3-4-18-9-15-10-19(12-20(30)11-15)17-7-8-31-14-21(13-17)32-27(34)23-6-5-22(28)26(33-23)24(18)25(16)29/h2-8,13-15,17,19-20H,1,9-12,30H2,(H,32,34). The second kappa shape index (κ2) is 9.06. The number of rotatable bonds is 1. The van der Waals surface area contributed by atoms with E-state index in [0.717, 1.165) is 25.3 Å². The Morgan fingerprint density at radius 3 is 2.82 bits per heavy atom. The molecule has 1 saturated carbocycles. The molecule has 1 amide bonds. The molecular formula is C27H26F2N4O. The van der Waals surface area contributed by atoms with Crippen molar-refractivity contribution in [3.8, 4) is 11.3 Å². The van der Waals surface area contributed by atoms with Gasteiger partial charge in [-0.2, -0.15) is 0 Å². The summed E-state index contributed by atoms with van der Waals surface area (Å²) >= 11 is 0. The molecule has 5 rings (SSSR count). The zero-order valence-corrected chi connectivity index (χ0v) is 18.7. The molecule has 1 aromatic heterocycles. The Morgan fingerprint density at radius 2 is 2.00 bits per heavy atom. The van der Waals surface area contributed by atoms with Gasteiger partial charge in [-0.1, -0.05) is 36.9 Å². The minimum absolute atomic E-state index is 0.000368. The summed E-state index contributed by atoms with van der Waals surface area (Å²) in [5, 5.41) is 2.82. The fraction of sp³-hybridized carbons (Fsp3) is 0.296. The van der Waals surface area contributed by atoms with Gasteiger partial charge in [-0.05, 0) is 55.2 Å². The second-order valence-corrected chi connectivity index (χ2v) is 9.30. The first-order valence-corrected chi connectivity index (χ1v) is 11.5. The van der Waals surface area contributed by atoms with E-state index in [0.29, 0.717) is 17.7 Å². The summed E-state index contributed by atoms with van der Waals surface area (Å²) in [5.74, 6) is -1.31. The third-order valence-electron chi connectivity index (χ3n) is 6.96. The number of amides is 1. The lowest BCUT2D eigenvalue weighted by Crippen LogP contribution is -2.36. The number of allylic oxidation sites excluding steroid dienone is 3. The minimum atomic E-state index is -0.692. The van der Waals surface area contributed by atoms with Crippen molar-refractivity contribution in [1.82, 2.24) is 10.3 Å². The summed E-state index contributed by atoms with van der Waals surface area (Å²) in [7, 11) is 0. The molecule has 4 atom stereocenters. The van der Waals surface area contributed by atoms with Gasteiger partial charge >= 0.3 is 0 Å². The highest BCUT2D eigenvalue weighted by Gasteiger charge is 2.32. The molecule has 4 unspecified atom stereocenters. The maximum absolute atomic E-state index is 15.6. The van der Waals surface area contributed by atoms with E-state index in [4.69, 9.17) is 5.73 Å². The van der Waals surface area contributed by atoms with Crippen molar-refractivity contribution in [2.75, 3.05) is 0 Å². The Kier molecular flexibility index (Phi) is 5.96. The Morgan fingerprint density at radius 1 is 1.15 bits per heavy atom. The van der Waals surface area contributed by atoms with Crippen molar-refractivity contribution in [2.24, 2.45) is 28.5 Å². The lowest BCUT2D eigenvalue weighted by atomic mass is 9.71. The number of hydrogen-bond donors (Lipinski definition) is 2. The smallest absolute Gasteiger partial charge is 0.274 e. The molecule has 1 fully saturated rings. The van der Waals surface area contributed by atoms with Crippen LogP contribution in [0.3, 0.4) is 0 Å². The van der Waals surface area contributed by atoms with E-state index in [1.807, 2.05) is 18.2 Å². The fourth-order valence-corrected chi connectivity index (χ4v) is 5.43. The van der Waals surface area contributed by atoms with Gasteiger partial charge in [-0.25, -0.2) is 13.8 Å². The number of nitrogens with two attached hydrogens (primary N) is 1.